The number of methoxy groups -OCH3 is 1. The van der Waals surface area contributed by atoms with E-state index in [2.05, 4.69) is 19.2 Å². The van der Waals surface area contributed by atoms with E-state index < -0.39 is 11.5 Å². The van der Waals surface area contributed by atoms with Crippen LogP contribution in [0.1, 0.15) is 39.5 Å². The summed E-state index contributed by atoms with van der Waals surface area (Å²) in [4.78, 5) is 11.9. The number of carbonyl (C=O) groups is 1. The minimum Gasteiger partial charge on any atom is -0.495 e. The molecule has 2 rings (SSSR count). The predicted molar refractivity (Wildman–Crippen MR) is 79.2 cm³/mol. The van der Waals surface area contributed by atoms with Gasteiger partial charge >= 0.3 is 5.97 Å². The lowest BCUT2D eigenvalue weighted by molar-refractivity contribution is -0.145. The van der Waals surface area contributed by atoms with E-state index in [9.17, 15) is 9.90 Å². The van der Waals surface area contributed by atoms with Gasteiger partial charge < -0.3 is 15.2 Å². The van der Waals surface area contributed by atoms with Crippen molar-refractivity contribution in [2.75, 3.05) is 12.4 Å². The van der Waals surface area contributed by atoms with E-state index >= 15 is 0 Å². The molecule has 20 heavy (non-hydrogen) atoms. The second kappa shape index (κ2) is 5.35. The number of hydrogen-bond donors (Lipinski definition) is 2. The van der Waals surface area contributed by atoms with Gasteiger partial charge in [0.25, 0.3) is 0 Å². The van der Waals surface area contributed by atoms with Crippen LogP contribution in [0.15, 0.2) is 24.3 Å². The summed E-state index contributed by atoms with van der Waals surface area (Å²) in [6, 6.07) is 7.47. The van der Waals surface area contributed by atoms with Crippen molar-refractivity contribution in [2.24, 2.45) is 5.41 Å². The molecule has 1 saturated carbocycles. The molecule has 0 spiro atoms. The molecule has 0 heterocycles. The van der Waals surface area contributed by atoms with E-state index in [1.54, 1.807) is 7.11 Å². The lowest BCUT2D eigenvalue weighted by Gasteiger charge is -2.43. The van der Waals surface area contributed by atoms with Crippen LogP contribution in [0.25, 0.3) is 0 Å². The van der Waals surface area contributed by atoms with Crippen LogP contribution >= 0.6 is 0 Å². The van der Waals surface area contributed by atoms with Crippen LogP contribution in [-0.2, 0) is 4.79 Å². The highest BCUT2D eigenvalue weighted by molar-refractivity contribution is 5.84. The number of para-hydroxylation sites is 2. The van der Waals surface area contributed by atoms with Gasteiger partial charge in [-0.3, -0.25) is 0 Å². The van der Waals surface area contributed by atoms with Gasteiger partial charge in [0.05, 0.1) is 12.8 Å². The number of rotatable bonds is 4. The standard InChI is InChI=1S/C16H23NO3/c1-15(2)9-6-10-16(11-15,14(18)19)17-12-7-4-5-8-13(12)20-3/h4-5,7-8,17H,6,9-11H2,1-3H3,(H,18,19). The first-order chi connectivity index (χ1) is 9.38. The largest absolute Gasteiger partial charge is 0.495 e. The zero-order valence-corrected chi connectivity index (χ0v) is 12.4. The zero-order chi connectivity index (χ0) is 14.8. The third-order valence-corrected chi connectivity index (χ3v) is 4.13. The summed E-state index contributed by atoms with van der Waals surface area (Å²) < 4.78 is 5.31. The summed E-state index contributed by atoms with van der Waals surface area (Å²) >= 11 is 0. The third kappa shape index (κ3) is 2.89. The number of nitrogens with one attached hydrogen (secondary N) is 1. The Bertz CT molecular complexity index is 498. The van der Waals surface area contributed by atoms with Crippen molar-refractivity contribution in [3.05, 3.63) is 24.3 Å². The SMILES string of the molecule is COc1ccccc1NC1(C(=O)O)CCCC(C)(C)C1. The molecule has 1 aromatic carbocycles. The third-order valence-electron chi connectivity index (χ3n) is 4.13. The number of ether oxygens (including phenoxy) is 1. The Hall–Kier alpha value is -1.71. The van der Waals surface area contributed by atoms with Crippen LogP contribution < -0.4 is 10.1 Å². The van der Waals surface area contributed by atoms with Crippen LogP contribution in [0.5, 0.6) is 5.75 Å². The van der Waals surface area contributed by atoms with E-state index in [4.69, 9.17) is 4.74 Å². The highest BCUT2D eigenvalue weighted by Crippen LogP contribution is 2.43. The maximum atomic E-state index is 11.9. The first kappa shape index (κ1) is 14.7. The average Bonchev–Trinajstić information content (AvgIpc) is 2.38. The fourth-order valence-corrected chi connectivity index (χ4v) is 3.21. The van der Waals surface area contributed by atoms with Crippen LogP contribution in [-0.4, -0.2) is 23.7 Å². The lowest BCUT2D eigenvalue weighted by atomic mass is 9.68. The molecule has 2 N–H and O–H groups in total. The Labute approximate surface area is 120 Å². The van der Waals surface area contributed by atoms with Gasteiger partial charge in [0, 0.05) is 0 Å². The average molecular weight is 277 g/mol. The minimum atomic E-state index is -0.906. The normalized spacial score (nSPS) is 24.9. The zero-order valence-electron chi connectivity index (χ0n) is 12.4. The summed E-state index contributed by atoms with van der Waals surface area (Å²) in [5.74, 6) is -0.104. The molecule has 1 unspecified atom stereocenters. The molecular weight excluding hydrogens is 254 g/mol. The summed E-state index contributed by atoms with van der Waals surface area (Å²) in [7, 11) is 1.60. The van der Waals surface area contributed by atoms with E-state index in [0.717, 1.165) is 18.5 Å². The van der Waals surface area contributed by atoms with Crippen molar-refractivity contribution in [3.8, 4) is 5.75 Å². The molecule has 4 heteroatoms. The van der Waals surface area contributed by atoms with Crippen molar-refractivity contribution >= 4 is 11.7 Å². The predicted octanol–water partition coefficient (Wildman–Crippen LogP) is 3.53. The van der Waals surface area contributed by atoms with Crippen molar-refractivity contribution in [3.63, 3.8) is 0 Å². The van der Waals surface area contributed by atoms with Gasteiger partial charge in [-0.05, 0) is 43.2 Å². The van der Waals surface area contributed by atoms with Crippen LogP contribution in [0.4, 0.5) is 5.69 Å². The summed E-state index contributed by atoms with van der Waals surface area (Å²) in [5.41, 5.74) is -0.128. The Morgan fingerprint density at radius 3 is 2.60 bits per heavy atom. The number of hydrogen-bond acceptors (Lipinski definition) is 3. The molecule has 0 aliphatic heterocycles. The van der Waals surface area contributed by atoms with Gasteiger partial charge in [-0.2, -0.15) is 0 Å². The van der Waals surface area contributed by atoms with Gasteiger partial charge in [-0.1, -0.05) is 26.0 Å². The second-order valence-electron chi connectivity index (χ2n) is 6.41. The monoisotopic (exact) mass is 277 g/mol. The fraction of sp³-hybridized carbons (Fsp3) is 0.562. The fourth-order valence-electron chi connectivity index (χ4n) is 3.21. The van der Waals surface area contributed by atoms with Gasteiger partial charge in [0.2, 0.25) is 0 Å². The maximum absolute atomic E-state index is 11.9. The molecule has 1 aliphatic rings. The van der Waals surface area contributed by atoms with E-state index in [-0.39, 0.29) is 5.41 Å². The van der Waals surface area contributed by atoms with Crippen molar-refractivity contribution in [1.82, 2.24) is 0 Å². The number of aliphatic carboxylic acids is 1. The molecular formula is C16H23NO3. The van der Waals surface area contributed by atoms with Crippen LogP contribution in [0.2, 0.25) is 0 Å². The lowest BCUT2D eigenvalue weighted by Crippen LogP contribution is -2.51. The van der Waals surface area contributed by atoms with E-state index in [1.165, 1.54) is 0 Å². The Morgan fingerprint density at radius 1 is 1.30 bits per heavy atom. The van der Waals surface area contributed by atoms with Crippen molar-refractivity contribution in [1.29, 1.82) is 0 Å². The molecule has 1 aliphatic carbocycles. The maximum Gasteiger partial charge on any atom is 0.329 e. The summed E-state index contributed by atoms with van der Waals surface area (Å²) in [5, 5.41) is 13.0. The van der Waals surface area contributed by atoms with E-state index in [1.807, 2.05) is 24.3 Å². The Morgan fingerprint density at radius 2 is 2.00 bits per heavy atom. The number of benzene rings is 1. The second-order valence-corrected chi connectivity index (χ2v) is 6.41. The highest BCUT2D eigenvalue weighted by Gasteiger charge is 2.46. The topological polar surface area (TPSA) is 58.6 Å². The van der Waals surface area contributed by atoms with Crippen molar-refractivity contribution < 1.29 is 14.6 Å². The molecule has 0 saturated heterocycles. The van der Waals surface area contributed by atoms with Crippen molar-refractivity contribution in [2.45, 2.75) is 45.1 Å². The molecule has 110 valence electrons. The van der Waals surface area contributed by atoms with E-state index in [0.29, 0.717) is 18.6 Å². The highest BCUT2D eigenvalue weighted by atomic mass is 16.5. The van der Waals surface area contributed by atoms with Gasteiger partial charge in [-0.25, -0.2) is 4.79 Å². The molecule has 1 atom stereocenters. The van der Waals surface area contributed by atoms with Gasteiger partial charge in [0.15, 0.2) is 0 Å². The van der Waals surface area contributed by atoms with Gasteiger partial charge in [0.1, 0.15) is 11.3 Å². The number of carboxylic acids is 1. The first-order valence-corrected chi connectivity index (χ1v) is 7.03. The summed E-state index contributed by atoms with van der Waals surface area (Å²) in [6.07, 6.45) is 3.24. The number of carboxylic acid groups (broad SMARTS) is 1. The molecule has 0 aromatic heterocycles. The Balaban J connectivity index is 2.32. The molecule has 0 amide bonds. The molecule has 4 nitrogen and oxygen atoms in total. The van der Waals surface area contributed by atoms with Gasteiger partial charge in [-0.15, -0.1) is 0 Å². The number of anilines is 1. The minimum absolute atomic E-state index is 0.0334. The molecule has 1 aromatic rings. The molecule has 0 radical (unpaired) electrons. The first-order valence-electron chi connectivity index (χ1n) is 7.03. The molecule has 1 fully saturated rings. The van der Waals surface area contributed by atoms with Crippen LogP contribution in [0.3, 0.4) is 0 Å². The Kier molecular flexibility index (Phi) is 3.93. The summed E-state index contributed by atoms with van der Waals surface area (Å²) in [6.45, 7) is 4.27. The quantitative estimate of drug-likeness (QED) is 0.884. The smallest absolute Gasteiger partial charge is 0.329 e. The molecule has 0 bridgehead atoms. The van der Waals surface area contributed by atoms with Crippen LogP contribution in [0, 0.1) is 5.41 Å².